The van der Waals surface area contributed by atoms with Gasteiger partial charge in [0.1, 0.15) is 5.00 Å². The monoisotopic (exact) mass is 305 g/mol. The highest BCUT2D eigenvalue weighted by molar-refractivity contribution is 7.14. The van der Waals surface area contributed by atoms with Crippen molar-refractivity contribution in [2.75, 3.05) is 18.4 Å². The van der Waals surface area contributed by atoms with Crippen LogP contribution in [0.1, 0.15) is 27.3 Å². The van der Waals surface area contributed by atoms with Gasteiger partial charge < -0.3 is 20.4 Å². The summed E-state index contributed by atoms with van der Waals surface area (Å²) in [6.45, 7) is 1.70. The molecular weight excluding hydrogens is 290 g/mol. The Labute approximate surface area is 125 Å². The standard InChI is InChI=1S/C14H15N3O3S/c18-12(16-9-3-5-15-8-9)10-4-7-21-14(10)17-13(19)11-2-1-6-20-11/h1-2,4,6-7,9,15H,3,5,8H2,(H,16,18)(H,17,19). The lowest BCUT2D eigenvalue weighted by molar-refractivity contribution is 0.0941. The van der Waals surface area contributed by atoms with Gasteiger partial charge in [0.2, 0.25) is 0 Å². The number of carbonyl (C=O) groups is 2. The second-order valence-electron chi connectivity index (χ2n) is 4.76. The molecular formula is C14H15N3O3S. The first-order chi connectivity index (χ1) is 10.2. The summed E-state index contributed by atoms with van der Waals surface area (Å²) in [6, 6.07) is 5.07. The van der Waals surface area contributed by atoms with Crippen molar-refractivity contribution >= 4 is 28.2 Å². The fourth-order valence-corrected chi connectivity index (χ4v) is 2.98. The van der Waals surface area contributed by atoms with Crippen LogP contribution in [0, 0.1) is 0 Å². The molecule has 1 fully saturated rings. The lowest BCUT2D eigenvalue weighted by Gasteiger charge is -2.11. The summed E-state index contributed by atoms with van der Waals surface area (Å²) in [5.41, 5.74) is 0.479. The molecule has 3 rings (SSSR count). The van der Waals surface area contributed by atoms with Gasteiger partial charge in [0.05, 0.1) is 11.8 Å². The van der Waals surface area contributed by atoms with Crippen LogP contribution in [-0.2, 0) is 0 Å². The number of hydrogen-bond donors (Lipinski definition) is 3. The van der Waals surface area contributed by atoms with E-state index in [0.29, 0.717) is 10.6 Å². The van der Waals surface area contributed by atoms with E-state index in [1.165, 1.54) is 17.6 Å². The molecule has 0 saturated carbocycles. The van der Waals surface area contributed by atoms with Gasteiger partial charge in [0, 0.05) is 12.6 Å². The Hall–Kier alpha value is -2.12. The second-order valence-corrected chi connectivity index (χ2v) is 5.67. The molecule has 3 N–H and O–H groups in total. The maximum absolute atomic E-state index is 12.2. The van der Waals surface area contributed by atoms with Crippen molar-refractivity contribution < 1.29 is 14.0 Å². The van der Waals surface area contributed by atoms with E-state index in [0.717, 1.165) is 19.5 Å². The number of rotatable bonds is 4. The summed E-state index contributed by atoms with van der Waals surface area (Å²) in [5, 5.41) is 11.2. The predicted octanol–water partition coefficient (Wildman–Crippen LogP) is 1.69. The van der Waals surface area contributed by atoms with Crippen LogP contribution in [0.25, 0.3) is 0 Å². The van der Waals surface area contributed by atoms with Crippen molar-refractivity contribution in [1.82, 2.24) is 10.6 Å². The molecule has 1 aliphatic rings. The quantitative estimate of drug-likeness (QED) is 0.802. The maximum Gasteiger partial charge on any atom is 0.291 e. The Morgan fingerprint density at radius 2 is 2.24 bits per heavy atom. The summed E-state index contributed by atoms with van der Waals surface area (Å²) in [7, 11) is 0. The zero-order chi connectivity index (χ0) is 14.7. The molecule has 7 heteroatoms. The number of furan rings is 1. The highest BCUT2D eigenvalue weighted by atomic mass is 32.1. The second kappa shape index (κ2) is 6.11. The third-order valence-electron chi connectivity index (χ3n) is 3.28. The van der Waals surface area contributed by atoms with E-state index in [2.05, 4.69) is 16.0 Å². The van der Waals surface area contributed by atoms with Gasteiger partial charge >= 0.3 is 0 Å². The van der Waals surface area contributed by atoms with Crippen LogP contribution in [0.15, 0.2) is 34.3 Å². The molecule has 1 unspecified atom stereocenters. The first kappa shape index (κ1) is 13.8. The molecule has 1 saturated heterocycles. The summed E-state index contributed by atoms with van der Waals surface area (Å²) >= 11 is 1.31. The van der Waals surface area contributed by atoms with Gasteiger partial charge in [-0.1, -0.05) is 0 Å². The average Bonchev–Trinajstić information content (AvgIpc) is 3.21. The molecule has 0 bridgehead atoms. The molecule has 0 spiro atoms. The van der Waals surface area contributed by atoms with Gasteiger partial charge in [-0.25, -0.2) is 0 Å². The summed E-state index contributed by atoms with van der Waals surface area (Å²) in [4.78, 5) is 24.2. The van der Waals surface area contributed by atoms with Crippen LogP contribution in [0.5, 0.6) is 0 Å². The Morgan fingerprint density at radius 3 is 2.95 bits per heavy atom. The smallest absolute Gasteiger partial charge is 0.291 e. The lowest BCUT2D eigenvalue weighted by Crippen LogP contribution is -2.36. The van der Waals surface area contributed by atoms with Crippen molar-refractivity contribution in [3.63, 3.8) is 0 Å². The molecule has 6 nitrogen and oxygen atoms in total. The minimum atomic E-state index is -0.362. The van der Waals surface area contributed by atoms with Gasteiger partial charge in [-0.3, -0.25) is 9.59 Å². The van der Waals surface area contributed by atoms with Gasteiger partial charge in [-0.05, 0) is 36.5 Å². The van der Waals surface area contributed by atoms with Gasteiger partial charge in [-0.15, -0.1) is 11.3 Å². The average molecular weight is 305 g/mol. The zero-order valence-corrected chi connectivity index (χ0v) is 12.0. The van der Waals surface area contributed by atoms with Crippen LogP contribution in [0.2, 0.25) is 0 Å². The third kappa shape index (κ3) is 3.14. The van der Waals surface area contributed by atoms with Crippen molar-refractivity contribution in [3.05, 3.63) is 41.2 Å². The Kier molecular flexibility index (Phi) is 4.03. The number of carbonyl (C=O) groups excluding carboxylic acids is 2. The molecule has 0 aromatic carbocycles. The topological polar surface area (TPSA) is 83.4 Å². The summed E-state index contributed by atoms with van der Waals surface area (Å²) in [6.07, 6.45) is 2.36. The van der Waals surface area contributed by atoms with Gasteiger partial charge in [0.25, 0.3) is 11.8 Å². The van der Waals surface area contributed by atoms with E-state index in [-0.39, 0.29) is 23.6 Å². The first-order valence-electron chi connectivity index (χ1n) is 6.68. The number of anilines is 1. The molecule has 21 heavy (non-hydrogen) atoms. The van der Waals surface area contributed by atoms with E-state index < -0.39 is 0 Å². The molecule has 0 aliphatic carbocycles. The molecule has 2 amide bonds. The highest BCUT2D eigenvalue weighted by Gasteiger charge is 2.21. The van der Waals surface area contributed by atoms with Gasteiger partial charge in [0.15, 0.2) is 5.76 Å². The van der Waals surface area contributed by atoms with Gasteiger partial charge in [-0.2, -0.15) is 0 Å². The van der Waals surface area contributed by atoms with Crippen molar-refractivity contribution in [2.24, 2.45) is 0 Å². The maximum atomic E-state index is 12.2. The molecule has 0 radical (unpaired) electrons. The predicted molar refractivity (Wildman–Crippen MR) is 79.7 cm³/mol. The Morgan fingerprint density at radius 1 is 1.33 bits per heavy atom. The third-order valence-corrected chi connectivity index (χ3v) is 4.11. The fourth-order valence-electron chi connectivity index (χ4n) is 2.20. The highest BCUT2D eigenvalue weighted by Crippen LogP contribution is 2.24. The number of hydrogen-bond acceptors (Lipinski definition) is 5. The molecule has 2 aromatic rings. The number of thiophene rings is 1. The number of nitrogens with one attached hydrogen (secondary N) is 3. The van der Waals surface area contributed by atoms with Crippen LogP contribution < -0.4 is 16.0 Å². The minimum absolute atomic E-state index is 0.144. The molecule has 3 heterocycles. The van der Waals surface area contributed by atoms with E-state index in [4.69, 9.17) is 4.42 Å². The molecule has 1 aliphatic heterocycles. The summed E-state index contributed by atoms with van der Waals surface area (Å²) in [5.74, 6) is -0.312. The van der Waals surface area contributed by atoms with Crippen LogP contribution in [-0.4, -0.2) is 30.9 Å². The van der Waals surface area contributed by atoms with E-state index in [1.54, 1.807) is 23.6 Å². The minimum Gasteiger partial charge on any atom is -0.459 e. The van der Waals surface area contributed by atoms with Crippen molar-refractivity contribution in [3.8, 4) is 0 Å². The Bertz CT molecular complexity index is 630. The summed E-state index contributed by atoms with van der Waals surface area (Å²) < 4.78 is 5.04. The first-order valence-corrected chi connectivity index (χ1v) is 7.56. The zero-order valence-electron chi connectivity index (χ0n) is 11.2. The van der Waals surface area contributed by atoms with Crippen molar-refractivity contribution in [1.29, 1.82) is 0 Å². The van der Waals surface area contributed by atoms with E-state index in [1.807, 2.05) is 0 Å². The SMILES string of the molecule is O=C(Nc1sccc1C(=O)NC1CCNC1)c1ccco1. The van der Waals surface area contributed by atoms with Crippen LogP contribution >= 0.6 is 11.3 Å². The number of amides is 2. The fraction of sp³-hybridized carbons (Fsp3) is 0.286. The van der Waals surface area contributed by atoms with Crippen LogP contribution in [0.3, 0.4) is 0 Å². The largest absolute Gasteiger partial charge is 0.459 e. The van der Waals surface area contributed by atoms with Crippen molar-refractivity contribution in [2.45, 2.75) is 12.5 Å². The lowest BCUT2D eigenvalue weighted by atomic mass is 10.2. The van der Waals surface area contributed by atoms with E-state index >= 15 is 0 Å². The molecule has 110 valence electrons. The molecule has 1 atom stereocenters. The van der Waals surface area contributed by atoms with Crippen LogP contribution in [0.4, 0.5) is 5.00 Å². The normalized spacial score (nSPS) is 17.6. The Balaban J connectivity index is 1.68. The van der Waals surface area contributed by atoms with E-state index in [9.17, 15) is 9.59 Å². The molecule has 2 aromatic heterocycles.